The first-order chi connectivity index (χ1) is 22.8. The van der Waals surface area contributed by atoms with Crippen LogP contribution in [0.5, 0.6) is 0 Å². The second-order valence-electron chi connectivity index (χ2n) is 12.7. The molecule has 3 N–H and O–H groups in total. The Morgan fingerprint density at radius 1 is 1.02 bits per heavy atom. The van der Waals surface area contributed by atoms with E-state index in [1.54, 1.807) is 37.3 Å². The SMILES string of the molecule is Cc1cc(F)ccc1[C@H]1C[C@@](CC=O)(NC(=O)OCc2ccccc2)CCN1C(=O)C(C)(N)[C@H](C)c1cc(C(F)(F)F)cc(C(F)(F)F)c1. The molecule has 1 heterocycles. The van der Waals surface area contributed by atoms with E-state index in [0.29, 0.717) is 35.1 Å². The predicted molar refractivity (Wildman–Crippen MR) is 165 cm³/mol. The summed E-state index contributed by atoms with van der Waals surface area (Å²) in [4.78, 5) is 40.5. The van der Waals surface area contributed by atoms with Crippen LogP contribution in [-0.2, 0) is 33.3 Å². The molecular formula is C35H36F7N3O4. The summed E-state index contributed by atoms with van der Waals surface area (Å²) in [6, 6.07) is 12.8. The molecule has 1 fully saturated rings. The van der Waals surface area contributed by atoms with Crippen molar-refractivity contribution in [3.8, 4) is 0 Å². The second kappa shape index (κ2) is 14.2. The molecule has 1 unspecified atom stereocenters. The van der Waals surface area contributed by atoms with Crippen LogP contribution in [0, 0.1) is 12.7 Å². The number of carbonyl (C=O) groups is 3. The molecule has 4 atom stereocenters. The Morgan fingerprint density at radius 3 is 2.18 bits per heavy atom. The number of aldehydes is 1. The van der Waals surface area contributed by atoms with Crippen molar-refractivity contribution in [2.75, 3.05) is 6.54 Å². The quantitative estimate of drug-likeness (QED) is 0.177. The number of alkyl halides is 6. The molecule has 1 aliphatic heterocycles. The zero-order valence-corrected chi connectivity index (χ0v) is 26.9. The fourth-order valence-corrected chi connectivity index (χ4v) is 6.16. The Balaban J connectivity index is 1.70. The predicted octanol–water partition coefficient (Wildman–Crippen LogP) is 7.61. The molecule has 1 aliphatic rings. The number of likely N-dealkylation sites (tertiary alicyclic amines) is 1. The van der Waals surface area contributed by atoms with E-state index in [1.165, 1.54) is 30.9 Å². The fraction of sp³-hybridized carbons (Fsp3) is 0.400. The summed E-state index contributed by atoms with van der Waals surface area (Å²) in [5.74, 6) is -2.74. The van der Waals surface area contributed by atoms with Crippen molar-refractivity contribution < 1.29 is 49.9 Å². The Morgan fingerprint density at radius 2 is 1.63 bits per heavy atom. The number of ether oxygens (including phenoxy) is 1. The van der Waals surface area contributed by atoms with E-state index in [2.05, 4.69) is 5.32 Å². The molecule has 264 valence electrons. The lowest BCUT2D eigenvalue weighted by molar-refractivity contribution is -0.143. The Bertz CT molecular complexity index is 1650. The number of piperidine rings is 1. The number of benzene rings is 3. The molecule has 49 heavy (non-hydrogen) atoms. The van der Waals surface area contributed by atoms with Crippen LogP contribution in [0.1, 0.15) is 78.5 Å². The van der Waals surface area contributed by atoms with Crippen LogP contribution in [0.2, 0.25) is 0 Å². The van der Waals surface area contributed by atoms with Gasteiger partial charge in [0.1, 0.15) is 18.7 Å². The molecule has 3 aromatic carbocycles. The monoisotopic (exact) mass is 695 g/mol. The van der Waals surface area contributed by atoms with E-state index < -0.39 is 69.9 Å². The summed E-state index contributed by atoms with van der Waals surface area (Å²) in [5, 5.41) is 2.77. The van der Waals surface area contributed by atoms with Gasteiger partial charge in [-0.25, -0.2) is 9.18 Å². The maximum Gasteiger partial charge on any atom is 0.416 e. The van der Waals surface area contributed by atoms with Gasteiger partial charge in [-0.1, -0.05) is 43.3 Å². The molecule has 0 spiro atoms. The molecule has 0 aromatic heterocycles. The molecule has 0 radical (unpaired) electrons. The number of amides is 2. The molecule has 1 saturated heterocycles. The van der Waals surface area contributed by atoms with Gasteiger partial charge >= 0.3 is 18.4 Å². The lowest BCUT2D eigenvalue weighted by Gasteiger charge is -2.49. The lowest BCUT2D eigenvalue weighted by Crippen LogP contribution is -2.62. The van der Waals surface area contributed by atoms with E-state index in [4.69, 9.17) is 10.5 Å². The molecule has 0 saturated carbocycles. The average molecular weight is 696 g/mol. The van der Waals surface area contributed by atoms with Gasteiger partial charge in [-0.05, 0) is 79.3 Å². The number of aryl methyl sites for hydroxylation is 1. The van der Waals surface area contributed by atoms with Crippen molar-refractivity contribution in [3.05, 3.63) is 106 Å². The highest BCUT2D eigenvalue weighted by atomic mass is 19.4. The third kappa shape index (κ3) is 8.59. The van der Waals surface area contributed by atoms with Crippen LogP contribution in [0.25, 0.3) is 0 Å². The number of alkyl carbamates (subject to hydrolysis) is 1. The molecular weight excluding hydrogens is 659 g/mol. The Hall–Kier alpha value is -4.46. The van der Waals surface area contributed by atoms with Gasteiger partial charge in [0.2, 0.25) is 5.91 Å². The summed E-state index contributed by atoms with van der Waals surface area (Å²) < 4.78 is 101. The molecule has 14 heteroatoms. The third-order valence-electron chi connectivity index (χ3n) is 9.17. The lowest BCUT2D eigenvalue weighted by atomic mass is 9.75. The van der Waals surface area contributed by atoms with Gasteiger partial charge in [-0.2, -0.15) is 26.3 Å². The van der Waals surface area contributed by atoms with Crippen LogP contribution in [0.3, 0.4) is 0 Å². The van der Waals surface area contributed by atoms with Gasteiger partial charge in [0.25, 0.3) is 0 Å². The van der Waals surface area contributed by atoms with Gasteiger partial charge < -0.3 is 25.5 Å². The molecule has 0 aliphatic carbocycles. The first kappa shape index (κ1) is 37.4. The van der Waals surface area contributed by atoms with Crippen molar-refractivity contribution in [1.82, 2.24) is 10.2 Å². The summed E-state index contributed by atoms with van der Waals surface area (Å²) >= 11 is 0. The van der Waals surface area contributed by atoms with Crippen molar-refractivity contribution >= 4 is 18.3 Å². The topological polar surface area (TPSA) is 102 Å². The van der Waals surface area contributed by atoms with Crippen LogP contribution in [0.4, 0.5) is 35.5 Å². The number of hydrogen-bond acceptors (Lipinski definition) is 5. The van der Waals surface area contributed by atoms with Crippen molar-refractivity contribution in [1.29, 1.82) is 0 Å². The van der Waals surface area contributed by atoms with E-state index >= 15 is 0 Å². The highest BCUT2D eigenvalue weighted by Crippen LogP contribution is 2.43. The first-order valence-electron chi connectivity index (χ1n) is 15.4. The van der Waals surface area contributed by atoms with Gasteiger partial charge in [0, 0.05) is 18.9 Å². The number of hydrogen-bond donors (Lipinski definition) is 2. The van der Waals surface area contributed by atoms with Crippen LogP contribution < -0.4 is 11.1 Å². The largest absolute Gasteiger partial charge is 0.445 e. The van der Waals surface area contributed by atoms with Crippen molar-refractivity contribution in [2.24, 2.45) is 5.73 Å². The number of nitrogens with two attached hydrogens (primary N) is 1. The molecule has 0 bridgehead atoms. The minimum Gasteiger partial charge on any atom is -0.445 e. The van der Waals surface area contributed by atoms with Gasteiger partial charge in [0.05, 0.1) is 28.2 Å². The molecule has 4 rings (SSSR count). The zero-order valence-electron chi connectivity index (χ0n) is 26.9. The summed E-state index contributed by atoms with van der Waals surface area (Å²) in [7, 11) is 0. The highest BCUT2D eigenvalue weighted by molar-refractivity contribution is 5.87. The standard InChI is InChI=1S/C35H36F7N3O4/c1-21-15-27(36)9-10-28(21)29-19-33(12-14-46,44-31(48)49-20-23-7-5-4-6-8-23)11-13-45(29)30(47)32(3,43)22(2)24-16-25(34(37,38)39)18-26(17-24)35(40,41)42/h4-10,14-18,22,29H,11-13,19-20,43H2,1-3H3,(H,44,48)/t22-,29-,32?,33-/m1/s1. The summed E-state index contributed by atoms with van der Waals surface area (Å²) in [6.07, 6.45) is -10.7. The maximum atomic E-state index is 14.3. The Labute approximate surface area is 278 Å². The zero-order chi connectivity index (χ0) is 36.4. The van der Waals surface area contributed by atoms with E-state index in [9.17, 15) is 45.1 Å². The number of carbonyl (C=O) groups excluding carboxylic acids is 3. The van der Waals surface area contributed by atoms with Crippen LogP contribution >= 0.6 is 0 Å². The third-order valence-corrected chi connectivity index (χ3v) is 9.17. The van der Waals surface area contributed by atoms with E-state index in [1.807, 2.05) is 0 Å². The second-order valence-corrected chi connectivity index (χ2v) is 12.7. The number of halogens is 7. The average Bonchev–Trinajstić information content (AvgIpc) is 3.02. The fourth-order valence-electron chi connectivity index (χ4n) is 6.16. The minimum absolute atomic E-state index is 0.00560. The van der Waals surface area contributed by atoms with Crippen molar-refractivity contribution in [2.45, 2.75) is 82.0 Å². The molecule has 3 aromatic rings. The van der Waals surface area contributed by atoms with Gasteiger partial charge in [0.15, 0.2) is 0 Å². The maximum absolute atomic E-state index is 14.3. The normalized spacial score (nSPS) is 20.2. The number of rotatable bonds is 9. The van der Waals surface area contributed by atoms with Crippen molar-refractivity contribution in [3.63, 3.8) is 0 Å². The summed E-state index contributed by atoms with van der Waals surface area (Å²) in [6.45, 7) is 3.86. The smallest absolute Gasteiger partial charge is 0.416 e. The number of nitrogens with one attached hydrogen (secondary N) is 1. The van der Waals surface area contributed by atoms with Gasteiger partial charge in [-0.15, -0.1) is 0 Å². The highest BCUT2D eigenvalue weighted by Gasteiger charge is 2.49. The first-order valence-corrected chi connectivity index (χ1v) is 15.4. The molecule has 2 amide bonds. The summed E-state index contributed by atoms with van der Waals surface area (Å²) in [5.41, 5.74) is 1.25. The van der Waals surface area contributed by atoms with Gasteiger partial charge in [-0.3, -0.25) is 4.79 Å². The van der Waals surface area contributed by atoms with Crippen LogP contribution in [-0.4, -0.2) is 40.8 Å². The molecule has 7 nitrogen and oxygen atoms in total. The Kier molecular flexibility index (Phi) is 10.8. The van der Waals surface area contributed by atoms with Crippen LogP contribution in [0.15, 0.2) is 66.7 Å². The minimum atomic E-state index is -5.11. The van der Waals surface area contributed by atoms with E-state index in [-0.39, 0.29) is 38.5 Å². The van der Waals surface area contributed by atoms with E-state index in [0.717, 1.165) is 6.07 Å². The number of nitrogens with zero attached hydrogens (tertiary/aromatic N) is 1.